The lowest BCUT2D eigenvalue weighted by atomic mass is 10.2. The highest BCUT2D eigenvalue weighted by Crippen LogP contribution is 2.25. The molecule has 0 aliphatic heterocycles. The molecule has 0 fully saturated rings. The van der Waals surface area contributed by atoms with Gasteiger partial charge in [-0.15, -0.1) is 0 Å². The third-order valence-electron chi connectivity index (χ3n) is 3.07. The number of halogens is 2. The molecule has 90 valence electrons. The maximum atomic E-state index is 6.07. The minimum atomic E-state index is 0.810. The molecule has 0 amide bonds. The Morgan fingerprint density at radius 3 is 2.67 bits per heavy atom. The van der Waals surface area contributed by atoms with Crippen molar-refractivity contribution in [3.8, 4) is 5.69 Å². The molecule has 3 aromatic rings. The van der Waals surface area contributed by atoms with Crippen LogP contribution < -0.4 is 0 Å². The molecule has 0 bridgehead atoms. The summed E-state index contributed by atoms with van der Waals surface area (Å²) < 4.78 is 3.44. The number of aryl methyl sites for hydroxylation is 1. The summed E-state index contributed by atoms with van der Waals surface area (Å²) in [5, 5.41) is 2.07. The van der Waals surface area contributed by atoms with Gasteiger partial charge in [-0.3, -0.25) is 0 Å². The molecular formula is C15H11ClIN. The Morgan fingerprint density at radius 2 is 1.89 bits per heavy atom. The number of aromatic nitrogens is 1. The first-order chi connectivity index (χ1) is 8.65. The van der Waals surface area contributed by atoms with Crippen LogP contribution in [0.2, 0.25) is 5.02 Å². The Morgan fingerprint density at radius 1 is 1.06 bits per heavy atom. The van der Waals surface area contributed by atoms with Gasteiger partial charge in [-0.25, -0.2) is 0 Å². The summed E-state index contributed by atoms with van der Waals surface area (Å²) in [5.74, 6) is 0. The molecule has 2 aromatic carbocycles. The summed E-state index contributed by atoms with van der Waals surface area (Å²) in [4.78, 5) is 0. The van der Waals surface area contributed by atoms with Crippen LogP contribution in [0, 0.1) is 10.5 Å². The largest absolute Gasteiger partial charge is 0.317 e. The smallest absolute Gasteiger partial charge is 0.0529 e. The lowest BCUT2D eigenvalue weighted by Gasteiger charge is -2.07. The molecule has 0 aliphatic carbocycles. The second kappa shape index (κ2) is 4.59. The zero-order valence-corrected chi connectivity index (χ0v) is 12.7. The van der Waals surface area contributed by atoms with E-state index >= 15 is 0 Å². The lowest BCUT2D eigenvalue weighted by molar-refractivity contribution is 1.12. The third kappa shape index (κ3) is 2.04. The molecule has 0 saturated carbocycles. The molecule has 18 heavy (non-hydrogen) atoms. The minimum Gasteiger partial charge on any atom is -0.317 e. The first kappa shape index (κ1) is 12.1. The van der Waals surface area contributed by atoms with Gasteiger partial charge < -0.3 is 4.57 Å². The fraction of sp³-hybridized carbons (Fsp3) is 0.0667. The average Bonchev–Trinajstić information content (AvgIpc) is 2.75. The van der Waals surface area contributed by atoms with Crippen LogP contribution in [0.15, 0.2) is 48.7 Å². The van der Waals surface area contributed by atoms with Crippen molar-refractivity contribution in [2.75, 3.05) is 0 Å². The summed E-state index contributed by atoms with van der Waals surface area (Å²) in [6.45, 7) is 2.03. The maximum Gasteiger partial charge on any atom is 0.0529 e. The van der Waals surface area contributed by atoms with Crippen molar-refractivity contribution in [1.29, 1.82) is 0 Å². The van der Waals surface area contributed by atoms with Crippen LogP contribution in [0.4, 0.5) is 0 Å². The second-order valence-corrected chi connectivity index (χ2v) is 5.98. The Labute approximate surface area is 125 Å². The predicted molar refractivity (Wildman–Crippen MR) is 85.7 cm³/mol. The highest BCUT2D eigenvalue weighted by atomic mass is 127. The number of hydrogen-bond acceptors (Lipinski definition) is 0. The number of fused-ring (bicyclic) bond motifs is 1. The summed E-state index contributed by atoms with van der Waals surface area (Å²) in [7, 11) is 0. The zero-order chi connectivity index (χ0) is 12.7. The summed E-state index contributed by atoms with van der Waals surface area (Å²) >= 11 is 8.41. The zero-order valence-electron chi connectivity index (χ0n) is 9.82. The van der Waals surface area contributed by atoms with E-state index in [4.69, 9.17) is 11.6 Å². The van der Waals surface area contributed by atoms with Crippen molar-refractivity contribution in [2.45, 2.75) is 6.92 Å². The van der Waals surface area contributed by atoms with Crippen LogP contribution in [0.25, 0.3) is 16.6 Å². The molecule has 1 heterocycles. The van der Waals surface area contributed by atoms with Crippen LogP contribution in [0.1, 0.15) is 5.56 Å². The van der Waals surface area contributed by atoms with Gasteiger partial charge in [0.2, 0.25) is 0 Å². The van der Waals surface area contributed by atoms with E-state index in [9.17, 15) is 0 Å². The lowest BCUT2D eigenvalue weighted by Crippen LogP contribution is -1.92. The molecule has 3 heteroatoms. The monoisotopic (exact) mass is 367 g/mol. The molecule has 3 rings (SSSR count). The van der Waals surface area contributed by atoms with E-state index < -0.39 is 0 Å². The molecule has 1 nitrogen and oxygen atoms in total. The van der Waals surface area contributed by atoms with Gasteiger partial charge in [-0.1, -0.05) is 11.6 Å². The molecule has 0 atom stereocenters. The summed E-state index contributed by atoms with van der Waals surface area (Å²) in [6.07, 6.45) is 2.10. The second-order valence-electron chi connectivity index (χ2n) is 4.32. The first-order valence-electron chi connectivity index (χ1n) is 5.68. The van der Waals surface area contributed by atoms with Crippen molar-refractivity contribution in [3.05, 3.63) is 62.8 Å². The molecule has 0 radical (unpaired) electrons. The molecule has 0 N–H and O–H groups in total. The molecule has 0 saturated heterocycles. The van der Waals surface area contributed by atoms with E-state index in [2.05, 4.69) is 63.7 Å². The topological polar surface area (TPSA) is 4.93 Å². The molecule has 0 spiro atoms. The fourth-order valence-electron chi connectivity index (χ4n) is 2.12. The standard InChI is InChI=1S/C15H11ClIN/c1-10-8-13(3-4-14(10)16)18-7-6-11-9-12(17)2-5-15(11)18/h2-9H,1H3. The van der Waals surface area contributed by atoms with E-state index in [0.29, 0.717) is 0 Å². The van der Waals surface area contributed by atoms with Crippen LogP contribution >= 0.6 is 34.2 Å². The molecule has 1 aromatic heterocycles. The maximum absolute atomic E-state index is 6.07. The van der Waals surface area contributed by atoms with Crippen LogP contribution in [0.3, 0.4) is 0 Å². The van der Waals surface area contributed by atoms with Gasteiger partial charge in [-0.2, -0.15) is 0 Å². The molecule has 0 aliphatic rings. The number of hydrogen-bond donors (Lipinski definition) is 0. The molecule has 0 unspecified atom stereocenters. The highest BCUT2D eigenvalue weighted by Gasteiger charge is 2.04. The first-order valence-corrected chi connectivity index (χ1v) is 7.14. The van der Waals surface area contributed by atoms with Gasteiger partial charge in [0.25, 0.3) is 0 Å². The van der Waals surface area contributed by atoms with Crippen molar-refractivity contribution in [3.63, 3.8) is 0 Å². The Bertz CT molecular complexity index is 730. The van der Waals surface area contributed by atoms with Crippen molar-refractivity contribution < 1.29 is 0 Å². The SMILES string of the molecule is Cc1cc(-n2ccc3cc(I)ccc32)ccc1Cl. The minimum absolute atomic E-state index is 0.810. The van der Waals surface area contributed by atoms with Gasteiger partial charge in [-0.05, 0) is 77.5 Å². The van der Waals surface area contributed by atoms with Crippen molar-refractivity contribution >= 4 is 45.1 Å². The van der Waals surface area contributed by atoms with Gasteiger partial charge in [0.05, 0.1) is 5.52 Å². The van der Waals surface area contributed by atoms with Crippen LogP contribution in [-0.2, 0) is 0 Å². The van der Waals surface area contributed by atoms with Crippen molar-refractivity contribution in [1.82, 2.24) is 4.57 Å². The predicted octanol–water partition coefficient (Wildman–Crippen LogP) is 5.20. The molecular weight excluding hydrogens is 357 g/mol. The quantitative estimate of drug-likeness (QED) is 0.521. The van der Waals surface area contributed by atoms with Gasteiger partial charge in [0.1, 0.15) is 0 Å². The Balaban J connectivity index is 2.22. The van der Waals surface area contributed by atoms with E-state index in [-0.39, 0.29) is 0 Å². The van der Waals surface area contributed by atoms with Gasteiger partial charge in [0.15, 0.2) is 0 Å². The highest BCUT2D eigenvalue weighted by molar-refractivity contribution is 14.1. The van der Waals surface area contributed by atoms with Gasteiger partial charge in [0, 0.05) is 25.9 Å². The normalized spacial score (nSPS) is 11.1. The Kier molecular flexibility index (Phi) is 3.08. The van der Waals surface area contributed by atoms with Crippen molar-refractivity contribution in [2.24, 2.45) is 0 Å². The van der Waals surface area contributed by atoms with E-state index in [1.807, 2.05) is 19.1 Å². The van der Waals surface area contributed by atoms with Crippen LogP contribution in [-0.4, -0.2) is 4.57 Å². The Hall–Kier alpha value is -1.00. The fourth-order valence-corrected chi connectivity index (χ4v) is 2.75. The third-order valence-corrected chi connectivity index (χ3v) is 4.17. The van der Waals surface area contributed by atoms with Gasteiger partial charge >= 0.3 is 0 Å². The van der Waals surface area contributed by atoms with Crippen LogP contribution in [0.5, 0.6) is 0 Å². The number of benzene rings is 2. The average molecular weight is 368 g/mol. The van der Waals surface area contributed by atoms with E-state index in [0.717, 1.165) is 16.3 Å². The number of rotatable bonds is 1. The summed E-state index contributed by atoms with van der Waals surface area (Å²) in [6, 6.07) is 14.7. The summed E-state index contributed by atoms with van der Waals surface area (Å²) in [5.41, 5.74) is 3.46. The van der Waals surface area contributed by atoms with E-state index in [1.165, 1.54) is 14.5 Å². The number of nitrogens with zero attached hydrogens (tertiary/aromatic N) is 1. The van der Waals surface area contributed by atoms with E-state index in [1.54, 1.807) is 0 Å².